The predicted octanol–water partition coefficient (Wildman–Crippen LogP) is 3.77. The number of ketones is 1. The lowest BCUT2D eigenvalue weighted by molar-refractivity contribution is 0.101. The number of para-hydroxylation sites is 1. The summed E-state index contributed by atoms with van der Waals surface area (Å²) in [7, 11) is 1.56. The highest BCUT2D eigenvalue weighted by Gasteiger charge is 2.15. The Hall–Kier alpha value is -2.67. The fraction of sp³-hybridized carbons (Fsp3) is 0.263. The third-order valence-electron chi connectivity index (χ3n) is 3.98. The Morgan fingerprint density at radius 2 is 1.88 bits per heavy atom. The molecule has 0 saturated heterocycles. The van der Waals surface area contributed by atoms with Crippen LogP contribution in [0.25, 0.3) is 5.69 Å². The summed E-state index contributed by atoms with van der Waals surface area (Å²) in [5.74, 6) is 1.23. The van der Waals surface area contributed by atoms with Gasteiger partial charge in [0.2, 0.25) is 5.16 Å². The summed E-state index contributed by atoms with van der Waals surface area (Å²) in [6.07, 6.45) is 0. The first-order chi connectivity index (χ1) is 12.6. The van der Waals surface area contributed by atoms with E-state index >= 15 is 0 Å². The Morgan fingerprint density at radius 3 is 2.58 bits per heavy atom. The second-order valence-electron chi connectivity index (χ2n) is 6.03. The summed E-state index contributed by atoms with van der Waals surface area (Å²) in [6, 6.07) is 15.3. The molecule has 7 heteroatoms. The monoisotopic (exact) mass is 368 g/mol. The van der Waals surface area contributed by atoms with Crippen LogP contribution in [0.3, 0.4) is 0 Å². The van der Waals surface area contributed by atoms with E-state index in [2.05, 4.69) is 41.5 Å². The molecule has 2 aromatic carbocycles. The largest absolute Gasteiger partial charge is 0.496 e. The molecule has 0 aliphatic rings. The Morgan fingerprint density at radius 1 is 1.15 bits per heavy atom. The molecular formula is C19H20N4O2S. The van der Waals surface area contributed by atoms with E-state index in [1.165, 1.54) is 17.3 Å². The molecule has 0 aliphatic carbocycles. The highest BCUT2D eigenvalue weighted by atomic mass is 32.2. The highest BCUT2D eigenvalue weighted by molar-refractivity contribution is 7.99. The summed E-state index contributed by atoms with van der Waals surface area (Å²) in [5, 5.41) is 12.4. The summed E-state index contributed by atoms with van der Waals surface area (Å²) in [6.45, 7) is 4.30. The van der Waals surface area contributed by atoms with Crippen LogP contribution in [0.4, 0.5) is 0 Å². The molecular weight excluding hydrogens is 348 g/mol. The number of methoxy groups -OCH3 is 1. The van der Waals surface area contributed by atoms with Gasteiger partial charge < -0.3 is 4.74 Å². The lowest BCUT2D eigenvalue weighted by Gasteiger charge is -2.08. The number of nitrogens with zero attached hydrogens (tertiary/aromatic N) is 4. The number of thioether (sulfide) groups is 1. The fourth-order valence-corrected chi connectivity index (χ4v) is 3.29. The number of Topliss-reactive ketones (excluding diaryl/α,β-unsaturated/α-hetero) is 1. The van der Waals surface area contributed by atoms with Crippen LogP contribution in [0, 0.1) is 0 Å². The molecule has 134 valence electrons. The minimum absolute atomic E-state index is 0.0304. The first kappa shape index (κ1) is 18.1. The van der Waals surface area contributed by atoms with E-state index < -0.39 is 0 Å². The van der Waals surface area contributed by atoms with Gasteiger partial charge in [0.25, 0.3) is 0 Å². The van der Waals surface area contributed by atoms with Crippen molar-refractivity contribution in [2.24, 2.45) is 0 Å². The number of carbonyl (C=O) groups excluding carboxylic acids is 1. The fourth-order valence-electron chi connectivity index (χ4n) is 2.51. The second kappa shape index (κ2) is 8.14. The standard InChI is InChI=1S/C19H20N4O2S/c1-13(2)14-8-10-15(11-9-14)23-19(20-21-22-23)26-12-17(24)16-6-4-5-7-18(16)25-3/h4-11,13H,12H2,1-3H3. The molecule has 1 heterocycles. The third kappa shape index (κ3) is 3.94. The lowest BCUT2D eigenvalue weighted by atomic mass is 10.0. The van der Waals surface area contributed by atoms with Crippen molar-refractivity contribution in [2.45, 2.75) is 24.9 Å². The molecule has 1 aromatic heterocycles. The number of rotatable bonds is 7. The van der Waals surface area contributed by atoms with E-state index in [0.29, 0.717) is 22.4 Å². The zero-order chi connectivity index (χ0) is 18.5. The lowest BCUT2D eigenvalue weighted by Crippen LogP contribution is -2.06. The van der Waals surface area contributed by atoms with E-state index in [0.717, 1.165) is 5.69 Å². The van der Waals surface area contributed by atoms with Crippen LogP contribution in [-0.4, -0.2) is 38.9 Å². The summed E-state index contributed by atoms with van der Waals surface area (Å²) in [5.41, 5.74) is 2.68. The van der Waals surface area contributed by atoms with Crippen LogP contribution in [0.2, 0.25) is 0 Å². The zero-order valence-corrected chi connectivity index (χ0v) is 15.7. The second-order valence-corrected chi connectivity index (χ2v) is 6.97. The van der Waals surface area contributed by atoms with Crippen molar-refractivity contribution in [2.75, 3.05) is 12.9 Å². The van der Waals surface area contributed by atoms with Crippen LogP contribution in [0.1, 0.15) is 35.7 Å². The van der Waals surface area contributed by atoms with Gasteiger partial charge in [0.05, 0.1) is 24.1 Å². The Bertz CT molecular complexity index is 891. The Balaban J connectivity index is 1.74. The van der Waals surface area contributed by atoms with Gasteiger partial charge >= 0.3 is 0 Å². The molecule has 0 spiro atoms. The minimum Gasteiger partial charge on any atom is -0.496 e. The maximum Gasteiger partial charge on any atom is 0.214 e. The van der Waals surface area contributed by atoms with Gasteiger partial charge in [-0.25, -0.2) is 0 Å². The van der Waals surface area contributed by atoms with Gasteiger partial charge in [-0.3, -0.25) is 4.79 Å². The minimum atomic E-state index is -0.0304. The van der Waals surface area contributed by atoms with Crippen molar-refractivity contribution in [3.8, 4) is 11.4 Å². The molecule has 0 radical (unpaired) electrons. The molecule has 0 fully saturated rings. The van der Waals surface area contributed by atoms with Gasteiger partial charge in [0.15, 0.2) is 5.78 Å². The third-order valence-corrected chi connectivity index (χ3v) is 4.90. The number of benzene rings is 2. The average molecular weight is 368 g/mol. The molecule has 0 N–H and O–H groups in total. The van der Waals surface area contributed by atoms with E-state index in [9.17, 15) is 4.79 Å². The van der Waals surface area contributed by atoms with Crippen LogP contribution in [0.5, 0.6) is 5.75 Å². The Labute approximate surface area is 156 Å². The molecule has 3 aromatic rings. The van der Waals surface area contributed by atoms with Gasteiger partial charge in [0.1, 0.15) is 5.75 Å². The van der Waals surface area contributed by atoms with Gasteiger partial charge in [-0.2, -0.15) is 4.68 Å². The number of aromatic nitrogens is 4. The molecule has 0 amide bonds. The SMILES string of the molecule is COc1ccccc1C(=O)CSc1nnnn1-c1ccc(C(C)C)cc1. The average Bonchev–Trinajstić information content (AvgIpc) is 3.14. The maximum absolute atomic E-state index is 12.5. The molecule has 0 bridgehead atoms. The number of hydrogen-bond acceptors (Lipinski definition) is 6. The highest BCUT2D eigenvalue weighted by Crippen LogP contribution is 2.24. The zero-order valence-electron chi connectivity index (χ0n) is 14.9. The Kier molecular flexibility index (Phi) is 5.68. The van der Waals surface area contributed by atoms with Gasteiger partial charge in [-0.1, -0.05) is 49.9 Å². The van der Waals surface area contributed by atoms with Crippen LogP contribution >= 0.6 is 11.8 Å². The normalized spacial score (nSPS) is 10.9. The number of carbonyl (C=O) groups is 1. The first-order valence-corrected chi connectivity index (χ1v) is 9.26. The van der Waals surface area contributed by atoms with Crippen molar-refractivity contribution in [3.05, 3.63) is 59.7 Å². The van der Waals surface area contributed by atoms with E-state index in [-0.39, 0.29) is 11.5 Å². The molecule has 3 rings (SSSR count). The van der Waals surface area contributed by atoms with Crippen LogP contribution in [-0.2, 0) is 0 Å². The quantitative estimate of drug-likeness (QED) is 0.467. The summed E-state index contributed by atoms with van der Waals surface area (Å²) < 4.78 is 6.89. The molecule has 0 saturated carbocycles. The van der Waals surface area contributed by atoms with Gasteiger partial charge in [-0.05, 0) is 46.2 Å². The molecule has 6 nitrogen and oxygen atoms in total. The first-order valence-electron chi connectivity index (χ1n) is 8.28. The maximum atomic E-state index is 12.5. The van der Waals surface area contributed by atoms with Gasteiger partial charge in [-0.15, -0.1) is 5.10 Å². The van der Waals surface area contributed by atoms with Crippen molar-refractivity contribution in [1.29, 1.82) is 0 Å². The molecule has 0 atom stereocenters. The van der Waals surface area contributed by atoms with Crippen molar-refractivity contribution in [3.63, 3.8) is 0 Å². The van der Waals surface area contributed by atoms with Crippen LogP contribution < -0.4 is 4.74 Å². The molecule has 0 aliphatic heterocycles. The number of ether oxygens (including phenoxy) is 1. The van der Waals surface area contributed by atoms with Crippen LogP contribution in [0.15, 0.2) is 53.7 Å². The van der Waals surface area contributed by atoms with Crippen molar-refractivity contribution in [1.82, 2.24) is 20.2 Å². The predicted molar refractivity (Wildman–Crippen MR) is 101 cm³/mol. The van der Waals surface area contributed by atoms with E-state index in [1.807, 2.05) is 24.3 Å². The van der Waals surface area contributed by atoms with Crippen molar-refractivity contribution < 1.29 is 9.53 Å². The van der Waals surface area contributed by atoms with Crippen molar-refractivity contribution >= 4 is 17.5 Å². The topological polar surface area (TPSA) is 69.9 Å². The number of tetrazole rings is 1. The number of hydrogen-bond donors (Lipinski definition) is 0. The smallest absolute Gasteiger partial charge is 0.214 e. The summed E-state index contributed by atoms with van der Waals surface area (Å²) in [4.78, 5) is 12.5. The van der Waals surface area contributed by atoms with E-state index in [4.69, 9.17) is 4.74 Å². The van der Waals surface area contributed by atoms with E-state index in [1.54, 1.807) is 23.9 Å². The molecule has 26 heavy (non-hydrogen) atoms. The summed E-state index contributed by atoms with van der Waals surface area (Å²) >= 11 is 1.30. The van der Waals surface area contributed by atoms with Gasteiger partial charge in [0, 0.05) is 0 Å². The molecule has 0 unspecified atom stereocenters.